The van der Waals surface area contributed by atoms with Gasteiger partial charge in [0, 0.05) is 9.64 Å². The van der Waals surface area contributed by atoms with Gasteiger partial charge in [0.1, 0.15) is 11.6 Å². The smallest absolute Gasteiger partial charge is 0.256 e. The summed E-state index contributed by atoms with van der Waals surface area (Å²) in [6.07, 6.45) is 0. The molecule has 0 fully saturated rings. The molecule has 0 saturated carbocycles. The van der Waals surface area contributed by atoms with Crippen LogP contribution in [-0.2, 0) is 0 Å². The Morgan fingerprint density at radius 1 is 1.32 bits per heavy atom. The molecular weight excluding hydrogens is 360 g/mol. The van der Waals surface area contributed by atoms with Crippen LogP contribution in [0, 0.1) is 16.3 Å². The van der Waals surface area contributed by atoms with Crippen molar-refractivity contribution in [3.05, 3.63) is 56.9 Å². The molecule has 2 N–H and O–H groups in total. The molecule has 19 heavy (non-hydrogen) atoms. The normalized spacial score (nSPS) is 10.3. The van der Waals surface area contributed by atoms with Gasteiger partial charge in [-0.3, -0.25) is 4.79 Å². The van der Waals surface area contributed by atoms with Gasteiger partial charge in [0.05, 0.1) is 11.3 Å². The van der Waals surface area contributed by atoms with Crippen molar-refractivity contribution in [2.24, 2.45) is 0 Å². The lowest BCUT2D eigenvalue weighted by Crippen LogP contribution is -2.14. The second kappa shape index (κ2) is 5.56. The summed E-state index contributed by atoms with van der Waals surface area (Å²) < 4.78 is 14.4. The Morgan fingerprint density at radius 3 is 2.74 bits per heavy atom. The lowest BCUT2D eigenvalue weighted by Gasteiger charge is -2.09. The van der Waals surface area contributed by atoms with Gasteiger partial charge in [0.2, 0.25) is 0 Å². The molecule has 2 aromatic rings. The highest BCUT2D eigenvalue weighted by molar-refractivity contribution is 14.1. The van der Waals surface area contributed by atoms with Gasteiger partial charge in [-0.25, -0.2) is 4.39 Å². The molecule has 1 amide bonds. The monoisotopic (exact) mass is 371 g/mol. The number of aromatic hydroxyl groups is 1. The standard InChI is InChI=1S/C14H11FINO2/c1-8-3-2-4-10(13(8)16)14(19)17-12-6-5-9(18)7-11(12)15/h2-7,18H,1H3,(H,17,19). The van der Waals surface area contributed by atoms with E-state index in [0.717, 1.165) is 15.2 Å². The first-order valence-corrected chi connectivity index (χ1v) is 6.62. The molecule has 2 rings (SSSR count). The predicted octanol–water partition coefficient (Wildman–Crippen LogP) is 3.70. The van der Waals surface area contributed by atoms with Crippen LogP contribution >= 0.6 is 22.6 Å². The number of amides is 1. The molecule has 0 spiro atoms. The molecule has 2 aromatic carbocycles. The molecule has 5 heteroatoms. The number of halogens is 2. The van der Waals surface area contributed by atoms with Crippen LogP contribution in [0.1, 0.15) is 15.9 Å². The van der Waals surface area contributed by atoms with Crippen molar-refractivity contribution in [2.75, 3.05) is 5.32 Å². The maximum atomic E-state index is 13.5. The van der Waals surface area contributed by atoms with Crippen LogP contribution in [0.15, 0.2) is 36.4 Å². The summed E-state index contributed by atoms with van der Waals surface area (Å²) in [6.45, 7) is 1.90. The van der Waals surface area contributed by atoms with Crippen molar-refractivity contribution in [1.82, 2.24) is 0 Å². The molecule has 0 aliphatic heterocycles. The Kier molecular flexibility index (Phi) is 4.04. The fourth-order valence-electron chi connectivity index (χ4n) is 1.62. The molecule has 0 atom stereocenters. The molecule has 0 aromatic heterocycles. The van der Waals surface area contributed by atoms with E-state index in [9.17, 15) is 9.18 Å². The fraction of sp³-hybridized carbons (Fsp3) is 0.0714. The van der Waals surface area contributed by atoms with Gasteiger partial charge >= 0.3 is 0 Å². The van der Waals surface area contributed by atoms with Gasteiger partial charge < -0.3 is 10.4 Å². The van der Waals surface area contributed by atoms with Crippen LogP contribution in [0.25, 0.3) is 0 Å². The minimum atomic E-state index is -0.670. The van der Waals surface area contributed by atoms with Crippen molar-refractivity contribution in [1.29, 1.82) is 0 Å². The molecule has 98 valence electrons. The van der Waals surface area contributed by atoms with Crippen LogP contribution in [0.2, 0.25) is 0 Å². The minimum Gasteiger partial charge on any atom is -0.508 e. The Bertz CT molecular complexity index is 643. The maximum absolute atomic E-state index is 13.5. The lowest BCUT2D eigenvalue weighted by molar-refractivity contribution is 0.102. The quantitative estimate of drug-likeness (QED) is 0.625. The van der Waals surface area contributed by atoms with Gasteiger partial charge in [-0.2, -0.15) is 0 Å². The van der Waals surface area contributed by atoms with Crippen LogP contribution < -0.4 is 5.32 Å². The van der Waals surface area contributed by atoms with Gasteiger partial charge in [-0.05, 0) is 53.3 Å². The predicted molar refractivity (Wildman–Crippen MR) is 79.9 cm³/mol. The average molecular weight is 371 g/mol. The third kappa shape index (κ3) is 3.04. The molecule has 0 saturated heterocycles. The van der Waals surface area contributed by atoms with E-state index < -0.39 is 5.82 Å². The van der Waals surface area contributed by atoms with Crippen LogP contribution in [0.5, 0.6) is 5.75 Å². The van der Waals surface area contributed by atoms with Gasteiger partial charge in [-0.15, -0.1) is 0 Å². The summed E-state index contributed by atoms with van der Waals surface area (Å²) in [4.78, 5) is 12.1. The first-order valence-electron chi connectivity index (χ1n) is 5.54. The average Bonchev–Trinajstić information content (AvgIpc) is 2.36. The Morgan fingerprint density at radius 2 is 2.05 bits per heavy atom. The lowest BCUT2D eigenvalue weighted by atomic mass is 10.1. The molecule has 0 aliphatic carbocycles. The zero-order valence-corrected chi connectivity index (χ0v) is 12.2. The largest absolute Gasteiger partial charge is 0.508 e. The van der Waals surface area contributed by atoms with E-state index in [4.69, 9.17) is 5.11 Å². The van der Waals surface area contributed by atoms with Gasteiger partial charge in [0.25, 0.3) is 5.91 Å². The number of nitrogens with one attached hydrogen (secondary N) is 1. The third-order valence-corrected chi connectivity index (χ3v) is 4.07. The van der Waals surface area contributed by atoms with Crippen molar-refractivity contribution >= 4 is 34.2 Å². The molecule has 0 aliphatic rings. The van der Waals surface area contributed by atoms with Crippen LogP contribution in [0.4, 0.5) is 10.1 Å². The summed E-state index contributed by atoms with van der Waals surface area (Å²) in [5.74, 6) is -1.23. The highest BCUT2D eigenvalue weighted by Crippen LogP contribution is 2.22. The molecule has 0 unspecified atom stereocenters. The van der Waals surface area contributed by atoms with Crippen LogP contribution in [0.3, 0.4) is 0 Å². The van der Waals surface area contributed by atoms with E-state index >= 15 is 0 Å². The number of phenols is 1. The van der Waals surface area contributed by atoms with Crippen molar-refractivity contribution in [3.63, 3.8) is 0 Å². The van der Waals surface area contributed by atoms with E-state index in [2.05, 4.69) is 27.9 Å². The zero-order chi connectivity index (χ0) is 14.0. The highest BCUT2D eigenvalue weighted by atomic mass is 127. The van der Waals surface area contributed by atoms with Gasteiger partial charge in [0.15, 0.2) is 0 Å². The summed E-state index contributed by atoms with van der Waals surface area (Å²) in [7, 11) is 0. The number of hydrogen-bond acceptors (Lipinski definition) is 2. The number of hydrogen-bond donors (Lipinski definition) is 2. The number of carbonyl (C=O) groups is 1. The number of phenolic OH excluding ortho intramolecular Hbond substituents is 1. The van der Waals surface area contributed by atoms with E-state index in [-0.39, 0.29) is 17.3 Å². The maximum Gasteiger partial charge on any atom is 0.256 e. The van der Waals surface area contributed by atoms with Gasteiger partial charge in [-0.1, -0.05) is 12.1 Å². The second-order valence-electron chi connectivity index (χ2n) is 4.05. The summed E-state index contributed by atoms with van der Waals surface area (Å²) in [5, 5.41) is 11.6. The number of aryl methyl sites for hydroxylation is 1. The van der Waals surface area contributed by atoms with Crippen molar-refractivity contribution in [3.8, 4) is 5.75 Å². The zero-order valence-electron chi connectivity index (χ0n) is 10.1. The first-order chi connectivity index (χ1) is 8.99. The van der Waals surface area contributed by atoms with Crippen LogP contribution in [-0.4, -0.2) is 11.0 Å². The Labute approximate surface area is 123 Å². The van der Waals surface area contributed by atoms with E-state index in [1.54, 1.807) is 12.1 Å². The SMILES string of the molecule is Cc1cccc(C(=O)Nc2ccc(O)cc2F)c1I. The number of rotatable bonds is 2. The Hall–Kier alpha value is -1.63. The van der Waals surface area contributed by atoms with E-state index in [1.165, 1.54) is 12.1 Å². The fourth-order valence-corrected chi connectivity index (χ4v) is 2.22. The summed E-state index contributed by atoms with van der Waals surface area (Å²) >= 11 is 2.08. The molecule has 0 bridgehead atoms. The van der Waals surface area contributed by atoms with E-state index in [0.29, 0.717) is 5.56 Å². The topological polar surface area (TPSA) is 49.3 Å². The summed E-state index contributed by atoms with van der Waals surface area (Å²) in [6, 6.07) is 8.96. The van der Waals surface area contributed by atoms with E-state index in [1.807, 2.05) is 13.0 Å². The molecule has 0 heterocycles. The second-order valence-corrected chi connectivity index (χ2v) is 5.13. The van der Waals surface area contributed by atoms with Crippen molar-refractivity contribution < 1.29 is 14.3 Å². The highest BCUT2D eigenvalue weighted by Gasteiger charge is 2.13. The third-order valence-electron chi connectivity index (χ3n) is 2.64. The van der Waals surface area contributed by atoms with Crippen molar-refractivity contribution in [2.45, 2.75) is 6.92 Å². The molecule has 0 radical (unpaired) electrons. The minimum absolute atomic E-state index is 0.0418. The number of benzene rings is 2. The molecular formula is C14H11FINO2. The number of anilines is 1. The molecule has 3 nitrogen and oxygen atoms in total. The number of carbonyl (C=O) groups excluding carboxylic acids is 1. The first kappa shape index (κ1) is 13.8. The summed E-state index contributed by atoms with van der Waals surface area (Å²) in [5.41, 5.74) is 1.52. The Balaban J connectivity index is 2.28.